The summed E-state index contributed by atoms with van der Waals surface area (Å²) in [6.07, 6.45) is 2.40. The molecule has 0 amide bonds. The van der Waals surface area contributed by atoms with E-state index in [-0.39, 0.29) is 0 Å². The first-order valence-electron chi connectivity index (χ1n) is 5.79. The smallest absolute Gasteiger partial charge is 0.0384 e. The fraction of sp³-hybridized carbons (Fsp3) is 0.538. The van der Waals surface area contributed by atoms with Gasteiger partial charge in [0.05, 0.1) is 0 Å². The monoisotopic (exact) mass is 221 g/mol. The molecule has 1 heterocycles. The molecule has 1 aliphatic heterocycles. The predicted octanol–water partition coefficient (Wildman–Crippen LogP) is 3.86. The summed E-state index contributed by atoms with van der Waals surface area (Å²) in [7, 11) is 0. The molecule has 1 unspecified atom stereocenters. The van der Waals surface area contributed by atoms with E-state index in [9.17, 15) is 0 Å². The lowest BCUT2D eigenvalue weighted by atomic mass is 10.0. The van der Waals surface area contributed by atoms with Gasteiger partial charge in [-0.05, 0) is 42.7 Å². The van der Waals surface area contributed by atoms with Gasteiger partial charge in [-0.25, -0.2) is 0 Å². The molecule has 2 rings (SSSR count). The largest absolute Gasteiger partial charge is 0.385 e. The normalized spacial score (nSPS) is 21.1. The lowest BCUT2D eigenvalue weighted by Crippen LogP contribution is -2.10. The van der Waals surface area contributed by atoms with E-state index in [0.29, 0.717) is 5.25 Å². The van der Waals surface area contributed by atoms with Crippen molar-refractivity contribution in [2.24, 2.45) is 0 Å². The highest BCUT2D eigenvalue weighted by molar-refractivity contribution is 7.99. The maximum absolute atomic E-state index is 3.53. The molecular weight excluding hydrogens is 202 g/mol. The lowest BCUT2D eigenvalue weighted by Gasteiger charge is -2.21. The Bertz CT molecular complexity index is 335. The van der Waals surface area contributed by atoms with Gasteiger partial charge in [0.25, 0.3) is 0 Å². The molecule has 1 atom stereocenters. The van der Waals surface area contributed by atoms with E-state index >= 15 is 0 Å². The number of nitrogens with one attached hydrogen (secondary N) is 1. The highest BCUT2D eigenvalue weighted by atomic mass is 32.2. The van der Waals surface area contributed by atoms with E-state index in [2.05, 4.69) is 49.1 Å². The van der Waals surface area contributed by atoms with Crippen LogP contribution in [0.3, 0.4) is 0 Å². The molecule has 1 aromatic rings. The molecule has 0 aromatic heterocycles. The maximum atomic E-state index is 3.53. The first kappa shape index (κ1) is 10.9. The Balaban J connectivity index is 2.34. The van der Waals surface area contributed by atoms with Crippen LogP contribution in [0.4, 0.5) is 5.69 Å². The molecular formula is C13H19NS. The van der Waals surface area contributed by atoms with E-state index in [1.54, 1.807) is 0 Å². The number of anilines is 1. The van der Waals surface area contributed by atoms with E-state index in [1.807, 2.05) is 0 Å². The van der Waals surface area contributed by atoms with Gasteiger partial charge in [-0.1, -0.05) is 19.1 Å². The number of thioether (sulfide) groups is 1. The Morgan fingerprint density at radius 1 is 1.47 bits per heavy atom. The number of hydrogen-bond acceptors (Lipinski definition) is 2. The van der Waals surface area contributed by atoms with Crippen molar-refractivity contribution in [2.75, 3.05) is 17.6 Å². The molecule has 15 heavy (non-hydrogen) atoms. The van der Waals surface area contributed by atoms with Crippen molar-refractivity contribution in [1.29, 1.82) is 0 Å². The number of fused-ring (bicyclic) bond motifs is 1. The highest BCUT2D eigenvalue weighted by Gasteiger charge is 2.13. The Kier molecular flexibility index (Phi) is 3.57. The molecule has 2 heteroatoms. The van der Waals surface area contributed by atoms with E-state index in [1.165, 1.54) is 29.0 Å². The van der Waals surface area contributed by atoms with Crippen LogP contribution in [-0.4, -0.2) is 12.3 Å². The standard InChI is InChI=1S/C13H19NS/c1-3-11-5-6-13-12(9-11)10(2)15-8-4-7-14-13/h5-6,9-10,14H,3-4,7-8H2,1-2H3. The Morgan fingerprint density at radius 3 is 3.13 bits per heavy atom. The third-order valence-corrected chi connectivity index (χ3v) is 4.24. The molecule has 0 spiro atoms. The summed E-state index contributed by atoms with van der Waals surface area (Å²) in [5.74, 6) is 1.27. The van der Waals surface area contributed by atoms with Gasteiger partial charge in [-0.15, -0.1) is 0 Å². The second-order valence-electron chi connectivity index (χ2n) is 4.07. The highest BCUT2D eigenvalue weighted by Crippen LogP contribution is 2.35. The van der Waals surface area contributed by atoms with Crippen molar-refractivity contribution in [2.45, 2.75) is 31.9 Å². The Labute approximate surface area is 96.7 Å². The van der Waals surface area contributed by atoms with Crippen LogP contribution >= 0.6 is 11.8 Å². The van der Waals surface area contributed by atoms with Crippen molar-refractivity contribution in [1.82, 2.24) is 0 Å². The van der Waals surface area contributed by atoms with Gasteiger partial charge in [0.15, 0.2) is 0 Å². The Morgan fingerprint density at radius 2 is 2.33 bits per heavy atom. The zero-order chi connectivity index (χ0) is 10.7. The minimum absolute atomic E-state index is 0.624. The maximum Gasteiger partial charge on any atom is 0.0384 e. The van der Waals surface area contributed by atoms with Crippen LogP contribution < -0.4 is 5.32 Å². The van der Waals surface area contributed by atoms with Gasteiger partial charge in [0.2, 0.25) is 0 Å². The molecule has 82 valence electrons. The molecule has 0 fully saturated rings. The molecule has 1 aromatic carbocycles. The topological polar surface area (TPSA) is 12.0 Å². The average Bonchev–Trinajstić information content (AvgIpc) is 2.26. The molecule has 0 aliphatic carbocycles. The Hall–Kier alpha value is -0.630. The molecule has 0 saturated carbocycles. The first-order valence-corrected chi connectivity index (χ1v) is 6.84. The van der Waals surface area contributed by atoms with Crippen molar-refractivity contribution in [3.8, 4) is 0 Å². The molecule has 1 nitrogen and oxygen atoms in total. The van der Waals surface area contributed by atoms with Crippen LogP contribution in [-0.2, 0) is 6.42 Å². The third-order valence-electron chi connectivity index (χ3n) is 2.97. The summed E-state index contributed by atoms with van der Waals surface area (Å²) in [6, 6.07) is 6.85. The van der Waals surface area contributed by atoms with E-state index in [0.717, 1.165) is 13.0 Å². The molecule has 0 radical (unpaired) electrons. The minimum atomic E-state index is 0.624. The van der Waals surface area contributed by atoms with Gasteiger partial charge in [0, 0.05) is 17.5 Å². The second kappa shape index (κ2) is 4.93. The molecule has 1 aliphatic rings. The predicted molar refractivity (Wildman–Crippen MR) is 69.8 cm³/mol. The number of benzene rings is 1. The fourth-order valence-corrected chi connectivity index (χ4v) is 3.01. The van der Waals surface area contributed by atoms with Crippen molar-refractivity contribution >= 4 is 17.4 Å². The zero-order valence-electron chi connectivity index (χ0n) is 9.55. The van der Waals surface area contributed by atoms with E-state index in [4.69, 9.17) is 0 Å². The minimum Gasteiger partial charge on any atom is -0.385 e. The SMILES string of the molecule is CCc1ccc2c(c1)C(C)SCCCN2. The molecule has 0 saturated heterocycles. The molecule has 1 N–H and O–H groups in total. The summed E-state index contributed by atoms with van der Waals surface area (Å²) < 4.78 is 0. The van der Waals surface area contributed by atoms with Gasteiger partial charge in [-0.3, -0.25) is 0 Å². The van der Waals surface area contributed by atoms with Crippen LogP contribution in [0.5, 0.6) is 0 Å². The second-order valence-corrected chi connectivity index (χ2v) is 5.52. The summed E-state index contributed by atoms with van der Waals surface area (Å²) in [5.41, 5.74) is 4.27. The first-order chi connectivity index (χ1) is 7.31. The fourth-order valence-electron chi connectivity index (χ4n) is 1.97. The summed E-state index contributed by atoms with van der Waals surface area (Å²) in [4.78, 5) is 0. The van der Waals surface area contributed by atoms with Crippen LogP contribution in [0.1, 0.15) is 36.6 Å². The van der Waals surface area contributed by atoms with Crippen LogP contribution in [0.2, 0.25) is 0 Å². The van der Waals surface area contributed by atoms with Crippen LogP contribution in [0, 0.1) is 0 Å². The average molecular weight is 221 g/mol. The van der Waals surface area contributed by atoms with Gasteiger partial charge in [-0.2, -0.15) is 11.8 Å². The third kappa shape index (κ3) is 2.49. The van der Waals surface area contributed by atoms with Gasteiger partial charge in [0.1, 0.15) is 0 Å². The van der Waals surface area contributed by atoms with Crippen molar-refractivity contribution < 1.29 is 0 Å². The lowest BCUT2D eigenvalue weighted by molar-refractivity contribution is 0.953. The van der Waals surface area contributed by atoms with Crippen molar-refractivity contribution in [3.63, 3.8) is 0 Å². The zero-order valence-corrected chi connectivity index (χ0v) is 10.4. The summed E-state index contributed by atoms with van der Waals surface area (Å²) in [6.45, 7) is 5.64. The van der Waals surface area contributed by atoms with Crippen LogP contribution in [0.25, 0.3) is 0 Å². The van der Waals surface area contributed by atoms with Crippen LogP contribution in [0.15, 0.2) is 18.2 Å². The summed E-state index contributed by atoms with van der Waals surface area (Å²) >= 11 is 2.07. The quantitative estimate of drug-likeness (QED) is 0.773. The number of aryl methyl sites for hydroxylation is 1. The summed E-state index contributed by atoms with van der Waals surface area (Å²) in [5, 5.41) is 4.16. The van der Waals surface area contributed by atoms with Crippen molar-refractivity contribution in [3.05, 3.63) is 29.3 Å². The van der Waals surface area contributed by atoms with E-state index < -0.39 is 0 Å². The molecule has 0 bridgehead atoms. The van der Waals surface area contributed by atoms with Gasteiger partial charge >= 0.3 is 0 Å². The number of hydrogen-bond donors (Lipinski definition) is 1. The number of rotatable bonds is 1. The van der Waals surface area contributed by atoms with Gasteiger partial charge < -0.3 is 5.32 Å².